The molecule has 1 aliphatic heterocycles. The Kier molecular flexibility index (Phi) is 8.39. The molecule has 4 rings (SSSR count). The van der Waals surface area contributed by atoms with Crippen molar-refractivity contribution in [3.05, 3.63) is 95.1 Å². The molecule has 0 bridgehead atoms. The molecule has 2 atom stereocenters. The van der Waals surface area contributed by atoms with Gasteiger partial charge >= 0.3 is 0 Å². The molecule has 6 heteroatoms. The van der Waals surface area contributed by atoms with Gasteiger partial charge in [0.1, 0.15) is 6.61 Å². The summed E-state index contributed by atoms with van der Waals surface area (Å²) in [6.45, 7) is 6.38. The summed E-state index contributed by atoms with van der Waals surface area (Å²) >= 11 is 0. The van der Waals surface area contributed by atoms with Gasteiger partial charge in [-0.1, -0.05) is 47.6 Å². The highest BCUT2D eigenvalue weighted by Gasteiger charge is 2.38. The van der Waals surface area contributed by atoms with Crippen molar-refractivity contribution >= 4 is 5.71 Å². The molecular weight excluding hydrogens is 422 g/mol. The summed E-state index contributed by atoms with van der Waals surface area (Å²) < 4.78 is 0. The van der Waals surface area contributed by atoms with Gasteiger partial charge in [-0.15, -0.1) is 0 Å². The number of benzene rings is 1. The van der Waals surface area contributed by atoms with E-state index in [4.69, 9.17) is 20.5 Å². The Bertz CT molecular complexity index is 1030. The van der Waals surface area contributed by atoms with Gasteiger partial charge in [0, 0.05) is 25.2 Å². The van der Waals surface area contributed by atoms with E-state index in [2.05, 4.69) is 48.2 Å². The second-order valence-corrected chi connectivity index (χ2v) is 9.00. The molecule has 3 aromatic rings. The highest BCUT2D eigenvalue weighted by Crippen LogP contribution is 2.41. The van der Waals surface area contributed by atoms with Gasteiger partial charge in [0.05, 0.1) is 29.2 Å². The minimum absolute atomic E-state index is 0.109. The molecule has 1 aromatic carbocycles. The number of aryl methyl sites for hydroxylation is 2. The Labute approximate surface area is 202 Å². The van der Waals surface area contributed by atoms with E-state index < -0.39 is 0 Å². The van der Waals surface area contributed by atoms with Gasteiger partial charge < -0.3 is 10.6 Å². The zero-order valence-corrected chi connectivity index (χ0v) is 20.2. The number of rotatable bonds is 9. The third kappa shape index (κ3) is 5.88. The van der Waals surface area contributed by atoms with Crippen LogP contribution in [0.4, 0.5) is 0 Å². The first kappa shape index (κ1) is 24.0. The molecule has 2 N–H and O–H groups in total. The molecule has 1 fully saturated rings. The molecule has 178 valence electrons. The van der Waals surface area contributed by atoms with Gasteiger partial charge in [0.2, 0.25) is 0 Å². The number of hydrogen-bond donors (Lipinski definition) is 1. The maximum absolute atomic E-state index is 5.83. The summed E-state index contributed by atoms with van der Waals surface area (Å²) in [5.41, 5.74) is 12.6. The van der Waals surface area contributed by atoms with Gasteiger partial charge in [-0.25, -0.2) is 0 Å². The average Bonchev–Trinajstić information content (AvgIpc) is 2.86. The van der Waals surface area contributed by atoms with Crippen molar-refractivity contribution in [2.24, 2.45) is 10.9 Å². The van der Waals surface area contributed by atoms with Gasteiger partial charge in [-0.05, 0) is 68.6 Å². The van der Waals surface area contributed by atoms with Gasteiger partial charge in [-0.3, -0.25) is 14.9 Å². The van der Waals surface area contributed by atoms with Crippen molar-refractivity contribution < 1.29 is 4.84 Å². The Morgan fingerprint density at radius 2 is 1.50 bits per heavy atom. The van der Waals surface area contributed by atoms with Crippen molar-refractivity contribution in [2.45, 2.75) is 58.2 Å². The summed E-state index contributed by atoms with van der Waals surface area (Å²) in [4.78, 5) is 18.0. The Morgan fingerprint density at radius 1 is 0.882 bits per heavy atom. The first-order valence-corrected chi connectivity index (χ1v) is 12.2. The van der Waals surface area contributed by atoms with E-state index in [1.165, 1.54) is 11.1 Å². The monoisotopic (exact) mass is 457 g/mol. The number of oxime groups is 1. The molecule has 6 nitrogen and oxygen atoms in total. The fraction of sp³-hybridized carbons (Fsp3) is 0.393. The van der Waals surface area contributed by atoms with Crippen LogP contribution < -0.4 is 5.73 Å². The molecule has 0 unspecified atom stereocenters. The van der Waals surface area contributed by atoms with Gasteiger partial charge in [-0.2, -0.15) is 0 Å². The molecule has 2 aromatic heterocycles. The molecule has 1 saturated heterocycles. The van der Waals surface area contributed by atoms with Crippen molar-refractivity contribution in [1.82, 2.24) is 14.9 Å². The number of aromatic nitrogens is 2. The highest BCUT2D eigenvalue weighted by atomic mass is 16.6. The van der Waals surface area contributed by atoms with Crippen LogP contribution in [0.25, 0.3) is 0 Å². The fourth-order valence-corrected chi connectivity index (χ4v) is 4.78. The van der Waals surface area contributed by atoms with E-state index in [0.717, 1.165) is 54.9 Å². The topological polar surface area (TPSA) is 76.6 Å². The maximum atomic E-state index is 5.83. The zero-order valence-electron chi connectivity index (χ0n) is 20.2. The first-order chi connectivity index (χ1) is 16.7. The number of hydrogen-bond acceptors (Lipinski definition) is 6. The van der Waals surface area contributed by atoms with Crippen molar-refractivity contribution in [1.29, 1.82) is 0 Å². The van der Waals surface area contributed by atoms with Crippen LogP contribution in [-0.2, 0) is 11.4 Å². The third-order valence-corrected chi connectivity index (χ3v) is 6.53. The van der Waals surface area contributed by atoms with E-state index in [0.29, 0.717) is 13.2 Å². The third-order valence-electron chi connectivity index (χ3n) is 6.53. The number of nitrogens with two attached hydrogens (primary N) is 1. The predicted octanol–water partition coefficient (Wildman–Crippen LogP) is 5.28. The largest absolute Gasteiger partial charge is 0.391 e. The average molecular weight is 458 g/mol. The molecule has 0 saturated carbocycles. The molecule has 0 spiro atoms. The number of likely N-dealkylation sites (tertiary alicyclic amines) is 1. The summed E-state index contributed by atoms with van der Waals surface area (Å²) in [5.74, 6) is 0. The van der Waals surface area contributed by atoms with E-state index in [1.807, 2.05) is 42.7 Å². The van der Waals surface area contributed by atoms with Crippen LogP contribution in [0.15, 0.2) is 72.1 Å². The molecule has 3 heterocycles. The van der Waals surface area contributed by atoms with Gasteiger partial charge in [0.15, 0.2) is 0 Å². The predicted molar refractivity (Wildman–Crippen MR) is 136 cm³/mol. The lowest BCUT2D eigenvalue weighted by molar-refractivity contribution is 0.0998. The SMILES string of the molecule is Cc1cccnc1[C@H]1C/C(=N/OCc2ccccc2)C[C@@H](c2ncccc2C)N1CCCCN. The van der Waals surface area contributed by atoms with Crippen LogP contribution in [-0.4, -0.2) is 33.7 Å². The molecule has 0 aliphatic carbocycles. The van der Waals surface area contributed by atoms with E-state index in [1.54, 1.807) is 0 Å². The smallest absolute Gasteiger partial charge is 0.142 e. The van der Waals surface area contributed by atoms with Crippen molar-refractivity contribution in [3.8, 4) is 0 Å². The van der Waals surface area contributed by atoms with Crippen molar-refractivity contribution in [3.63, 3.8) is 0 Å². The molecule has 34 heavy (non-hydrogen) atoms. The summed E-state index contributed by atoms with van der Waals surface area (Å²) in [7, 11) is 0. The van der Waals surface area contributed by atoms with Crippen LogP contribution in [0.2, 0.25) is 0 Å². The second-order valence-electron chi connectivity index (χ2n) is 9.00. The highest BCUT2D eigenvalue weighted by molar-refractivity contribution is 5.86. The second kappa shape index (κ2) is 11.9. The number of pyridine rings is 2. The minimum Gasteiger partial charge on any atom is -0.391 e. The lowest BCUT2D eigenvalue weighted by atomic mass is 9.87. The van der Waals surface area contributed by atoms with Gasteiger partial charge in [0.25, 0.3) is 0 Å². The lowest BCUT2D eigenvalue weighted by Crippen LogP contribution is -2.41. The summed E-state index contributed by atoms with van der Waals surface area (Å²) in [5, 5.41) is 4.63. The lowest BCUT2D eigenvalue weighted by Gasteiger charge is -2.42. The minimum atomic E-state index is 0.109. The normalized spacial score (nSPS) is 19.9. The Balaban J connectivity index is 1.67. The number of unbranched alkanes of at least 4 members (excludes halogenated alkanes) is 1. The van der Waals surface area contributed by atoms with Crippen molar-refractivity contribution in [2.75, 3.05) is 13.1 Å². The fourth-order valence-electron chi connectivity index (χ4n) is 4.78. The maximum Gasteiger partial charge on any atom is 0.142 e. The molecule has 0 radical (unpaired) electrons. The Morgan fingerprint density at radius 3 is 2.06 bits per heavy atom. The number of nitrogens with zero attached hydrogens (tertiary/aromatic N) is 4. The number of piperidine rings is 1. The quantitative estimate of drug-likeness (QED) is 0.349. The van der Waals surface area contributed by atoms with Crippen LogP contribution in [0.5, 0.6) is 0 Å². The summed E-state index contributed by atoms with van der Waals surface area (Å²) in [6, 6.07) is 18.7. The summed E-state index contributed by atoms with van der Waals surface area (Å²) in [6.07, 6.45) is 7.39. The van der Waals surface area contributed by atoms with Crippen LogP contribution in [0.3, 0.4) is 0 Å². The van der Waals surface area contributed by atoms with E-state index in [-0.39, 0.29) is 12.1 Å². The standard InChI is InChI=1S/C28H35N5O/c1-21-10-8-15-30-27(21)25-18-24(32-34-20-23-12-4-3-5-13-23)19-26(33(25)17-7-6-14-29)28-22(2)11-9-16-31-28/h3-5,8-13,15-16,25-26H,6-7,14,17-20,29H2,1-2H3/b32-24-/t25-,26+/m1/s1. The first-order valence-electron chi connectivity index (χ1n) is 12.2. The van der Waals surface area contributed by atoms with E-state index >= 15 is 0 Å². The van der Waals surface area contributed by atoms with Crippen LogP contribution in [0.1, 0.15) is 65.8 Å². The molecule has 0 amide bonds. The van der Waals surface area contributed by atoms with E-state index in [9.17, 15) is 0 Å². The van der Waals surface area contributed by atoms with Crippen LogP contribution >= 0.6 is 0 Å². The molecule has 1 aliphatic rings. The Hall–Kier alpha value is -3.09. The molecular formula is C28H35N5O. The zero-order chi connectivity index (χ0) is 23.8. The van der Waals surface area contributed by atoms with Crippen LogP contribution in [0, 0.1) is 13.8 Å².